The van der Waals surface area contributed by atoms with E-state index in [4.69, 9.17) is 0 Å². The van der Waals surface area contributed by atoms with E-state index in [0.29, 0.717) is 13.0 Å². The molecule has 1 N–H and O–H groups in total. The summed E-state index contributed by atoms with van der Waals surface area (Å²) in [7, 11) is 0. The van der Waals surface area contributed by atoms with Crippen LogP contribution < -0.4 is 0 Å². The van der Waals surface area contributed by atoms with E-state index < -0.39 is 18.9 Å². The molecule has 0 aromatic carbocycles. The van der Waals surface area contributed by atoms with Crippen LogP contribution in [0.15, 0.2) is 4.47 Å². The van der Waals surface area contributed by atoms with E-state index in [9.17, 15) is 18.3 Å². The zero-order chi connectivity index (χ0) is 16.0. The first-order chi connectivity index (χ1) is 9.78. The van der Waals surface area contributed by atoms with Crippen molar-refractivity contribution in [2.45, 2.75) is 51.9 Å². The van der Waals surface area contributed by atoms with Crippen molar-refractivity contribution in [3.63, 3.8) is 0 Å². The molecule has 0 aliphatic rings. The highest BCUT2D eigenvalue weighted by atomic mass is 79.9. The number of aliphatic hydroxyl groups is 1. The maximum Gasteiger partial charge on any atom is 0.411 e. The lowest BCUT2D eigenvalue weighted by Gasteiger charge is -2.13. The summed E-state index contributed by atoms with van der Waals surface area (Å²) in [6.07, 6.45) is -3.84. The van der Waals surface area contributed by atoms with E-state index in [1.807, 2.05) is 13.8 Å². The Labute approximate surface area is 130 Å². The summed E-state index contributed by atoms with van der Waals surface area (Å²) >= 11 is 3.47. The molecule has 1 atom stereocenters. The van der Waals surface area contributed by atoms with Crippen LogP contribution in [0, 0.1) is 0 Å². The Hall–Kier alpha value is -0.600. The summed E-state index contributed by atoms with van der Waals surface area (Å²) in [6, 6.07) is 0. The molecule has 1 rings (SSSR count). The van der Waals surface area contributed by atoms with Crippen LogP contribution in [-0.2, 0) is 24.1 Å². The van der Waals surface area contributed by atoms with Gasteiger partial charge in [0, 0.05) is 19.6 Å². The molecule has 0 amide bonds. The maximum atomic E-state index is 11.9. The van der Waals surface area contributed by atoms with Crippen molar-refractivity contribution in [1.29, 1.82) is 0 Å². The van der Waals surface area contributed by atoms with Crippen LogP contribution in [-0.4, -0.2) is 40.4 Å². The fourth-order valence-corrected chi connectivity index (χ4v) is 2.67. The van der Waals surface area contributed by atoms with Gasteiger partial charge in [0.2, 0.25) is 0 Å². The predicted molar refractivity (Wildman–Crippen MR) is 76.2 cm³/mol. The fraction of sp³-hybridized carbons (Fsp3) is 0.769. The molecule has 122 valence electrons. The van der Waals surface area contributed by atoms with E-state index in [1.165, 1.54) is 0 Å². The second-order valence-corrected chi connectivity index (χ2v) is 5.48. The summed E-state index contributed by atoms with van der Waals surface area (Å²) in [5.74, 6) is 0. The Kier molecular flexibility index (Phi) is 7.15. The fourth-order valence-electron chi connectivity index (χ4n) is 1.94. The topological polar surface area (TPSA) is 47.3 Å². The molecule has 1 aromatic heterocycles. The van der Waals surface area contributed by atoms with Crippen LogP contribution >= 0.6 is 15.9 Å². The first-order valence-electron chi connectivity index (χ1n) is 6.85. The molecular weight excluding hydrogens is 353 g/mol. The summed E-state index contributed by atoms with van der Waals surface area (Å²) in [5.41, 5.74) is 1.77. The van der Waals surface area contributed by atoms with Gasteiger partial charge in [-0.1, -0.05) is 6.92 Å². The molecule has 0 saturated heterocycles. The molecular formula is C13H20BrF3N2O2. The maximum absolute atomic E-state index is 11.9. The van der Waals surface area contributed by atoms with Gasteiger partial charge < -0.3 is 9.84 Å². The monoisotopic (exact) mass is 372 g/mol. The Morgan fingerprint density at radius 3 is 2.57 bits per heavy atom. The van der Waals surface area contributed by atoms with Crippen LogP contribution in [0.25, 0.3) is 0 Å². The average molecular weight is 373 g/mol. The van der Waals surface area contributed by atoms with Crippen molar-refractivity contribution >= 4 is 15.9 Å². The van der Waals surface area contributed by atoms with E-state index in [0.717, 1.165) is 22.3 Å². The standard InChI is InChI=1S/C13H20BrF3N2O2/c1-3-10-12(14)11(19(4-2)18-10)7-9(20)5-6-21-8-13(15,16)17/h9,20H,3-8H2,1-2H3. The molecule has 0 radical (unpaired) electrons. The molecule has 0 bridgehead atoms. The molecule has 0 saturated carbocycles. The normalized spacial score (nSPS) is 13.7. The van der Waals surface area contributed by atoms with Gasteiger partial charge in [0.25, 0.3) is 0 Å². The van der Waals surface area contributed by atoms with E-state index >= 15 is 0 Å². The minimum absolute atomic E-state index is 0.126. The number of nitrogens with zero attached hydrogens (tertiary/aromatic N) is 2. The number of hydrogen-bond acceptors (Lipinski definition) is 3. The second-order valence-electron chi connectivity index (χ2n) is 4.69. The van der Waals surface area contributed by atoms with Gasteiger partial charge in [0.15, 0.2) is 0 Å². The van der Waals surface area contributed by atoms with Crippen LogP contribution in [0.2, 0.25) is 0 Å². The van der Waals surface area contributed by atoms with Crippen molar-refractivity contribution in [2.75, 3.05) is 13.2 Å². The van der Waals surface area contributed by atoms with Gasteiger partial charge in [-0.25, -0.2) is 0 Å². The van der Waals surface area contributed by atoms with Gasteiger partial charge in [-0.05, 0) is 35.7 Å². The van der Waals surface area contributed by atoms with Crippen LogP contribution in [0.1, 0.15) is 31.7 Å². The lowest BCUT2D eigenvalue weighted by Crippen LogP contribution is -2.21. The summed E-state index contributed by atoms with van der Waals surface area (Å²) < 4.78 is 42.9. The first-order valence-corrected chi connectivity index (χ1v) is 7.64. The minimum Gasteiger partial charge on any atom is -0.393 e. The highest BCUT2D eigenvalue weighted by Crippen LogP contribution is 2.24. The van der Waals surface area contributed by atoms with Gasteiger partial charge in [-0.3, -0.25) is 4.68 Å². The number of ether oxygens (including phenoxy) is 1. The third-order valence-electron chi connectivity index (χ3n) is 2.98. The average Bonchev–Trinajstić information content (AvgIpc) is 2.70. The second kappa shape index (κ2) is 8.14. The quantitative estimate of drug-likeness (QED) is 0.713. The molecule has 0 aliphatic carbocycles. The number of hydrogen-bond donors (Lipinski definition) is 1. The zero-order valence-corrected chi connectivity index (χ0v) is 13.7. The molecule has 0 spiro atoms. The first kappa shape index (κ1) is 18.4. The summed E-state index contributed by atoms with van der Waals surface area (Å²) in [5, 5.41) is 14.3. The number of aromatic nitrogens is 2. The van der Waals surface area contributed by atoms with Crippen molar-refractivity contribution in [1.82, 2.24) is 9.78 Å². The van der Waals surface area contributed by atoms with Crippen molar-refractivity contribution in [3.05, 3.63) is 15.9 Å². The lowest BCUT2D eigenvalue weighted by molar-refractivity contribution is -0.175. The summed E-state index contributed by atoms with van der Waals surface area (Å²) in [4.78, 5) is 0. The number of halogens is 4. The van der Waals surface area contributed by atoms with Crippen LogP contribution in [0.4, 0.5) is 13.2 Å². The third-order valence-corrected chi connectivity index (χ3v) is 3.90. The Morgan fingerprint density at radius 1 is 1.38 bits per heavy atom. The molecule has 1 aromatic rings. The smallest absolute Gasteiger partial charge is 0.393 e. The Morgan fingerprint density at radius 2 is 2.05 bits per heavy atom. The SMILES string of the molecule is CCc1nn(CC)c(CC(O)CCOCC(F)(F)F)c1Br. The molecule has 4 nitrogen and oxygen atoms in total. The van der Waals surface area contributed by atoms with Crippen LogP contribution in [0.3, 0.4) is 0 Å². The van der Waals surface area contributed by atoms with E-state index in [1.54, 1.807) is 4.68 Å². The highest BCUT2D eigenvalue weighted by Gasteiger charge is 2.27. The minimum atomic E-state index is -4.33. The van der Waals surface area contributed by atoms with Gasteiger partial charge in [0.05, 0.1) is 22.0 Å². The van der Waals surface area contributed by atoms with E-state index in [-0.39, 0.29) is 13.0 Å². The molecule has 0 aliphatic heterocycles. The van der Waals surface area contributed by atoms with Crippen molar-refractivity contribution in [3.8, 4) is 0 Å². The van der Waals surface area contributed by atoms with Gasteiger partial charge >= 0.3 is 6.18 Å². The zero-order valence-electron chi connectivity index (χ0n) is 12.1. The largest absolute Gasteiger partial charge is 0.411 e. The third kappa shape index (κ3) is 5.96. The van der Waals surface area contributed by atoms with Crippen molar-refractivity contribution < 1.29 is 23.0 Å². The van der Waals surface area contributed by atoms with Crippen molar-refractivity contribution in [2.24, 2.45) is 0 Å². The molecule has 1 heterocycles. The number of rotatable bonds is 8. The highest BCUT2D eigenvalue weighted by molar-refractivity contribution is 9.10. The number of aliphatic hydroxyl groups excluding tert-OH is 1. The van der Waals surface area contributed by atoms with Gasteiger partial charge in [-0.2, -0.15) is 18.3 Å². The Balaban J connectivity index is 2.51. The Bertz CT molecular complexity index is 449. The van der Waals surface area contributed by atoms with Gasteiger partial charge in [0.1, 0.15) is 6.61 Å². The molecule has 8 heteroatoms. The lowest BCUT2D eigenvalue weighted by atomic mass is 10.1. The summed E-state index contributed by atoms with van der Waals surface area (Å²) in [6.45, 7) is 3.19. The molecule has 0 fully saturated rings. The van der Waals surface area contributed by atoms with E-state index in [2.05, 4.69) is 25.8 Å². The molecule has 21 heavy (non-hydrogen) atoms. The van der Waals surface area contributed by atoms with Crippen LogP contribution in [0.5, 0.6) is 0 Å². The molecule has 1 unspecified atom stereocenters. The predicted octanol–water partition coefficient (Wildman–Crippen LogP) is 3.10. The number of aryl methyl sites for hydroxylation is 2. The van der Waals surface area contributed by atoms with Gasteiger partial charge in [-0.15, -0.1) is 0 Å². The number of alkyl halides is 3.